The highest BCUT2D eigenvalue weighted by Crippen LogP contribution is 2.31. The Morgan fingerprint density at radius 1 is 0.968 bits per heavy atom. The van der Waals surface area contributed by atoms with Crippen LogP contribution in [0.5, 0.6) is 11.5 Å². The van der Waals surface area contributed by atoms with Crippen LogP contribution in [0.3, 0.4) is 0 Å². The number of benzene rings is 3. The Morgan fingerprint density at radius 2 is 1.65 bits per heavy atom. The second-order valence-electron chi connectivity index (χ2n) is 7.23. The number of para-hydroxylation sites is 1. The number of aryl methyl sites for hydroxylation is 3. The van der Waals surface area contributed by atoms with E-state index in [0.29, 0.717) is 34.8 Å². The lowest BCUT2D eigenvalue weighted by atomic mass is 10.1. The molecular weight excluding hydrogens is 412 g/mol. The second-order valence-corrected chi connectivity index (χ2v) is 8.83. The van der Waals surface area contributed by atoms with Gasteiger partial charge in [0.15, 0.2) is 11.5 Å². The van der Waals surface area contributed by atoms with E-state index < -0.39 is 10.0 Å². The Labute approximate surface area is 183 Å². The van der Waals surface area contributed by atoms with Crippen molar-refractivity contribution in [1.82, 2.24) is 4.83 Å². The molecule has 3 aromatic rings. The van der Waals surface area contributed by atoms with Gasteiger partial charge in [0.1, 0.15) is 6.61 Å². The number of ether oxygens (including phenoxy) is 2. The quantitative estimate of drug-likeness (QED) is 0.415. The summed E-state index contributed by atoms with van der Waals surface area (Å²) in [7, 11) is -2.26. The summed E-state index contributed by atoms with van der Waals surface area (Å²) in [6.07, 6.45) is 1.42. The fraction of sp³-hybridized carbons (Fsp3) is 0.208. The highest BCUT2D eigenvalue weighted by molar-refractivity contribution is 7.89. The van der Waals surface area contributed by atoms with Crippen molar-refractivity contribution in [2.24, 2.45) is 5.10 Å². The van der Waals surface area contributed by atoms with Crippen LogP contribution in [0.1, 0.15) is 27.8 Å². The summed E-state index contributed by atoms with van der Waals surface area (Å²) in [4.78, 5) is 2.55. The minimum absolute atomic E-state index is 0.237. The molecule has 0 saturated heterocycles. The predicted octanol–water partition coefficient (Wildman–Crippen LogP) is 4.51. The third kappa shape index (κ3) is 5.44. The van der Waals surface area contributed by atoms with E-state index in [1.54, 1.807) is 39.2 Å². The molecule has 0 unspecified atom stereocenters. The van der Waals surface area contributed by atoms with Crippen LogP contribution in [0.25, 0.3) is 0 Å². The van der Waals surface area contributed by atoms with E-state index >= 15 is 0 Å². The number of hydrogen-bond donors (Lipinski definition) is 1. The van der Waals surface area contributed by atoms with Crippen LogP contribution in [0.4, 0.5) is 0 Å². The van der Waals surface area contributed by atoms with E-state index in [4.69, 9.17) is 9.47 Å². The number of nitrogens with zero attached hydrogens (tertiary/aromatic N) is 1. The van der Waals surface area contributed by atoms with Crippen LogP contribution in [0, 0.1) is 20.8 Å². The molecule has 1 N–H and O–H groups in total. The largest absolute Gasteiger partial charge is 0.493 e. The molecule has 31 heavy (non-hydrogen) atoms. The highest BCUT2D eigenvalue weighted by atomic mass is 32.2. The van der Waals surface area contributed by atoms with Crippen LogP contribution in [-0.2, 0) is 16.6 Å². The average molecular weight is 439 g/mol. The maximum absolute atomic E-state index is 12.8. The van der Waals surface area contributed by atoms with E-state index in [0.717, 1.165) is 11.1 Å². The third-order valence-electron chi connectivity index (χ3n) is 4.71. The molecule has 3 aromatic carbocycles. The highest BCUT2D eigenvalue weighted by Gasteiger charge is 2.19. The van der Waals surface area contributed by atoms with Crippen LogP contribution in [-0.4, -0.2) is 21.7 Å². The van der Waals surface area contributed by atoms with Gasteiger partial charge in [-0.05, 0) is 49.6 Å². The molecular formula is C24H26N2O4S. The van der Waals surface area contributed by atoms with Crippen molar-refractivity contribution in [2.75, 3.05) is 7.11 Å². The van der Waals surface area contributed by atoms with Gasteiger partial charge in [0, 0.05) is 5.56 Å². The monoisotopic (exact) mass is 438 g/mol. The number of sulfonamides is 1. The van der Waals surface area contributed by atoms with Crippen molar-refractivity contribution in [3.63, 3.8) is 0 Å². The number of hydrogen-bond acceptors (Lipinski definition) is 5. The Hall–Kier alpha value is -3.32. The van der Waals surface area contributed by atoms with Gasteiger partial charge in [0.05, 0.1) is 18.2 Å². The zero-order valence-electron chi connectivity index (χ0n) is 18.0. The summed E-state index contributed by atoms with van der Waals surface area (Å²) in [6, 6.07) is 18.8. The Bertz CT molecular complexity index is 1170. The molecule has 0 aromatic heterocycles. The van der Waals surface area contributed by atoms with Crippen LogP contribution in [0.15, 0.2) is 70.7 Å². The molecule has 0 spiro atoms. The number of nitrogens with one attached hydrogen (secondary N) is 1. The molecule has 162 valence electrons. The first-order valence-corrected chi connectivity index (χ1v) is 11.3. The zero-order chi connectivity index (χ0) is 22.4. The molecule has 0 aliphatic rings. The lowest BCUT2D eigenvalue weighted by Crippen LogP contribution is -2.20. The van der Waals surface area contributed by atoms with Crippen molar-refractivity contribution in [3.05, 3.63) is 88.5 Å². The molecule has 3 rings (SSSR count). The molecule has 0 aliphatic carbocycles. The lowest BCUT2D eigenvalue weighted by Gasteiger charge is -2.14. The second kappa shape index (κ2) is 9.66. The van der Waals surface area contributed by atoms with Gasteiger partial charge in [-0.25, -0.2) is 4.83 Å². The molecule has 0 fully saturated rings. The number of methoxy groups -OCH3 is 1. The Morgan fingerprint density at radius 3 is 2.29 bits per heavy atom. The summed E-state index contributed by atoms with van der Waals surface area (Å²) in [5.74, 6) is 1.02. The van der Waals surface area contributed by atoms with E-state index in [1.807, 2.05) is 49.4 Å². The molecule has 6 nitrogen and oxygen atoms in total. The molecule has 0 bridgehead atoms. The summed E-state index contributed by atoms with van der Waals surface area (Å²) in [6.45, 7) is 5.82. The van der Waals surface area contributed by atoms with Gasteiger partial charge in [0.25, 0.3) is 10.0 Å². The normalized spacial score (nSPS) is 11.5. The lowest BCUT2D eigenvalue weighted by molar-refractivity contribution is 0.284. The maximum atomic E-state index is 12.8. The Kier molecular flexibility index (Phi) is 6.97. The Balaban J connectivity index is 1.83. The zero-order valence-corrected chi connectivity index (χ0v) is 18.9. The summed E-state index contributed by atoms with van der Waals surface area (Å²) >= 11 is 0. The first-order chi connectivity index (χ1) is 14.8. The first-order valence-electron chi connectivity index (χ1n) is 9.78. The summed E-state index contributed by atoms with van der Waals surface area (Å²) in [5, 5.41) is 3.99. The van der Waals surface area contributed by atoms with Crippen molar-refractivity contribution >= 4 is 16.2 Å². The fourth-order valence-corrected chi connectivity index (χ4v) is 4.73. The molecule has 0 heterocycles. The van der Waals surface area contributed by atoms with Crippen LogP contribution < -0.4 is 14.3 Å². The minimum Gasteiger partial charge on any atom is -0.493 e. The van der Waals surface area contributed by atoms with E-state index in [-0.39, 0.29) is 4.90 Å². The molecule has 0 radical (unpaired) electrons. The smallest absolute Gasteiger partial charge is 0.277 e. The van der Waals surface area contributed by atoms with E-state index in [1.165, 1.54) is 6.21 Å². The first kappa shape index (κ1) is 22.4. The van der Waals surface area contributed by atoms with Crippen molar-refractivity contribution in [1.29, 1.82) is 0 Å². The van der Waals surface area contributed by atoms with Gasteiger partial charge < -0.3 is 9.47 Å². The van der Waals surface area contributed by atoms with Gasteiger partial charge in [-0.1, -0.05) is 54.1 Å². The average Bonchev–Trinajstić information content (AvgIpc) is 2.72. The van der Waals surface area contributed by atoms with Crippen molar-refractivity contribution in [3.8, 4) is 11.5 Å². The standard InChI is InChI=1S/C24H26N2O4S/c1-17-13-18(2)24(19(3)14-17)31(27,28)26-25-15-21-11-8-12-22(29-4)23(21)30-16-20-9-6-5-7-10-20/h5-15,26H,16H2,1-4H3/b25-15+. The maximum Gasteiger partial charge on any atom is 0.277 e. The van der Waals surface area contributed by atoms with E-state index in [9.17, 15) is 8.42 Å². The number of hydrazone groups is 1. The fourth-order valence-electron chi connectivity index (χ4n) is 3.48. The van der Waals surface area contributed by atoms with Gasteiger partial charge >= 0.3 is 0 Å². The predicted molar refractivity (Wildman–Crippen MR) is 122 cm³/mol. The van der Waals surface area contributed by atoms with Crippen LogP contribution >= 0.6 is 0 Å². The SMILES string of the molecule is COc1cccc(/C=N/NS(=O)(=O)c2c(C)cc(C)cc2C)c1OCc1ccccc1. The molecule has 0 atom stereocenters. The van der Waals surface area contributed by atoms with Gasteiger partial charge in [-0.15, -0.1) is 0 Å². The van der Waals surface area contributed by atoms with Gasteiger partial charge in [0.2, 0.25) is 0 Å². The van der Waals surface area contributed by atoms with Crippen LogP contribution in [0.2, 0.25) is 0 Å². The summed E-state index contributed by atoms with van der Waals surface area (Å²) < 4.78 is 37.0. The van der Waals surface area contributed by atoms with Crippen molar-refractivity contribution in [2.45, 2.75) is 32.3 Å². The molecule has 0 aliphatic heterocycles. The van der Waals surface area contributed by atoms with Crippen molar-refractivity contribution < 1.29 is 17.9 Å². The minimum atomic E-state index is -3.81. The van der Waals surface area contributed by atoms with Gasteiger partial charge in [-0.2, -0.15) is 13.5 Å². The third-order valence-corrected chi connectivity index (χ3v) is 6.23. The van der Waals surface area contributed by atoms with E-state index in [2.05, 4.69) is 9.93 Å². The van der Waals surface area contributed by atoms with Gasteiger partial charge in [-0.3, -0.25) is 0 Å². The topological polar surface area (TPSA) is 77.0 Å². The number of rotatable bonds is 8. The molecule has 7 heteroatoms. The molecule has 0 saturated carbocycles. The summed E-state index contributed by atoms with van der Waals surface area (Å²) in [5.41, 5.74) is 3.95. The molecule has 0 amide bonds.